The number of nitrogens with one attached hydrogen (secondary N) is 1. The first-order chi connectivity index (χ1) is 15.5. The normalized spacial score (nSPS) is 11.7. The van der Waals surface area contributed by atoms with E-state index in [1.165, 1.54) is 30.5 Å². The Bertz CT molecular complexity index is 1320. The number of aryl methyl sites for hydroxylation is 1. The highest BCUT2D eigenvalue weighted by atomic mass is 35.5. The van der Waals surface area contributed by atoms with E-state index in [0.29, 0.717) is 11.3 Å². The van der Waals surface area contributed by atoms with E-state index in [0.717, 1.165) is 21.9 Å². The van der Waals surface area contributed by atoms with Crippen LogP contribution in [0.25, 0.3) is 5.69 Å². The van der Waals surface area contributed by atoms with Crippen LogP contribution in [0.4, 0.5) is 10.1 Å². The molecule has 3 rings (SSSR count). The van der Waals surface area contributed by atoms with Crippen LogP contribution < -0.4 is 9.73 Å². The number of benzene rings is 2. The van der Waals surface area contributed by atoms with Gasteiger partial charge in [-0.2, -0.15) is 5.10 Å². The van der Waals surface area contributed by atoms with Gasteiger partial charge in [-0.05, 0) is 50.2 Å². The van der Waals surface area contributed by atoms with Gasteiger partial charge in [0.25, 0.3) is 5.91 Å². The van der Waals surface area contributed by atoms with E-state index in [9.17, 15) is 17.6 Å². The fourth-order valence-electron chi connectivity index (χ4n) is 3.34. The summed E-state index contributed by atoms with van der Waals surface area (Å²) in [6.45, 7) is 3.10. The highest BCUT2D eigenvalue weighted by Crippen LogP contribution is 2.27. The van der Waals surface area contributed by atoms with Crippen molar-refractivity contribution in [2.45, 2.75) is 13.8 Å². The van der Waals surface area contributed by atoms with Crippen LogP contribution in [0, 0.1) is 19.7 Å². The van der Waals surface area contributed by atoms with Crippen molar-refractivity contribution in [2.24, 2.45) is 5.10 Å². The number of hydrogen-bond acceptors (Lipinski definition) is 4. The molecule has 0 aliphatic rings. The third-order valence-corrected chi connectivity index (χ3v) is 6.36. The first-order valence-electron chi connectivity index (χ1n) is 9.67. The van der Waals surface area contributed by atoms with Gasteiger partial charge in [-0.25, -0.2) is 18.2 Å². The zero-order valence-electron chi connectivity index (χ0n) is 18.0. The number of aromatic nitrogens is 1. The van der Waals surface area contributed by atoms with Crippen LogP contribution in [0.2, 0.25) is 10.0 Å². The SMILES string of the molecule is Cc1cc(/C=N\NC(=O)CN(c2cc(Cl)cc(Cl)c2)S(C)(=O)=O)c(C)n1-c1ccccc1F. The Morgan fingerprint density at radius 1 is 1.15 bits per heavy atom. The third-order valence-electron chi connectivity index (χ3n) is 4.78. The fraction of sp³-hybridized carbons (Fsp3) is 0.182. The largest absolute Gasteiger partial charge is 0.315 e. The Balaban J connectivity index is 1.77. The van der Waals surface area contributed by atoms with E-state index in [-0.39, 0.29) is 21.5 Å². The maximum atomic E-state index is 14.2. The number of hydrogen-bond donors (Lipinski definition) is 1. The monoisotopic (exact) mass is 510 g/mol. The zero-order valence-corrected chi connectivity index (χ0v) is 20.3. The molecule has 3 aromatic rings. The number of nitrogens with zero attached hydrogens (tertiary/aromatic N) is 3. The molecule has 0 bridgehead atoms. The molecular weight excluding hydrogens is 490 g/mol. The zero-order chi connectivity index (χ0) is 24.3. The summed E-state index contributed by atoms with van der Waals surface area (Å²) in [6.07, 6.45) is 2.38. The molecule has 7 nitrogen and oxygen atoms in total. The number of carbonyl (C=O) groups is 1. The lowest BCUT2D eigenvalue weighted by atomic mass is 10.2. The minimum atomic E-state index is -3.80. The second kappa shape index (κ2) is 9.94. The summed E-state index contributed by atoms with van der Waals surface area (Å²) in [6, 6.07) is 12.4. The summed E-state index contributed by atoms with van der Waals surface area (Å²) in [7, 11) is -3.80. The first kappa shape index (κ1) is 24.8. The van der Waals surface area contributed by atoms with Gasteiger partial charge in [0.1, 0.15) is 12.4 Å². The van der Waals surface area contributed by atoms with E-state index in [4.69, 9.17) is 23.2 Å². The number of para-hydroxylation sites is 1. The molecule has 2 aromatic carbocycles. The standard InChI is InChI=1S/C22H21Cl2FN4O3S/c1-14-8-16(15(2)29(14)21-7-5-4-6-20(21)25)12-26-27-22(30)13-28(33(3,31)32)19-10-17(23)9-18(24)11-19/h4-12H,13H2,1-3H3,(H,27,30)/b26-12-. The van der Waals surface area contributed by atoms with Gasteiger partial charge in [-0.1, -0.05) is 35.3 Å². The predicted molar refractivity (Wildman–Crippen MR) is 130 cm³/mol. The van der Waals surface area contributed by atoms with Crippen molar-refractivity contribution in [3.05, 3.63) is 81.3 Å². The molecule has 0 atom stereocenters. The molecule has 0 fully saturated rings. The number of anilines is 1. The summed E-state index contributed by atoms with van der Waals surface area (Å²) in [5.74, 6) is -1.03. The van der Waals surface area contributed by atoms with Crippen LogP contribution in [-0.4, -0.2) is 37.9 Å². The molecule has 0 aliphatic heterocycles. The van der Waals surface area contributed by atoms with Crippen LogP contribution >= 0.6 is 23.2 Å². The number of sulfonamides is 1. The van der Waals surface area contributed by atoms with E-state index in [1.807, 2.05) is 6.92 Å². The van der Waals surface area contributed by atoms with Crippen LogP contribution in [0.1, 0.15) is 17.0 Å². The molecule has 33 heavy (non-hydrogen) atoms. The van der Waals surface area contributed by atoms with Crippen LogP contribution in [0.15, 0.2) is 53.6 Å². The van der Waals surface area contributed by atoms with E-state index < -0.39 is 22.5 Å². The predicted octanol–water partition coefficient (Wildman–Crippen LogP) is 4.46. The number of carbonyl (C=O) groups excluding carboxylic acids is 1. The summed E-state index contributed by atoms with van der Waals surface area (Å²) >= 11 is 11.9. The van der Waals surface area contributed by atoms with Gasteiger partial charge < -0.3 is 4.57 Å². The van der Waals surface area contributed by atoms with E-state index in [2.05, 4.69) is 10.5 Å². The lowest BCUT2D eigenvalue weighted by Crippen LogP contribution is -2.39. The van der Waals surface area contributed by atoms with Gasteiger partial charge in [-0.3, -0.25) is 9.10 Å². The number of halogens is 3. The molecule has 0 spiro atoms. The Kier molecular flexibility index (Phi) is 7.46. The smallest absolute Gasteiger partial charge is 0.260 e. The van der Waals surface area contributed by atoms with Crippen LogP contribution in [0.3, 0.4) is 0 Å². The van der Waals surface area contributed by atoms with Gasteiger partial charge in [0.2, 0.25) is 10.0 Å². The molecule has 1 aromatic heterocycles. The van der Waals surface area contributed by atoms with E-state index in [1.54, 1.807) is 35.8 Å². The van der Waals surface area contributed by atoms with Crippen molar-refractivity contribution < 1.29 is 17.6 Å². The topological polar surface area (TPSA) is 83.8 Å². The van der Waals surface area contributed by atoms with Crippen molar-refractivity contribution in [1.82, 2.24) is 9.99 Å². The Hall–Kier alpha value is -2.88. The molecule has 0 radical (unpaired) electrons. The Labute approximate surface area is 201 Å². The minimum Gasteiger partial charge on any atom is -0.315 e. The minimum absolute atomic E-state index is 0.155. The van der Waals surface area contributed by atoms with Gasteiger partial charge in [0, 0.05) is 27.0 Å². The lowest BCUT2D eigenvalue weighted by Gasteiger charge is -2.21. The van der Waals surface area contributed by atoms with Crippen LogP contribution in [-0.2, 0) is 14.8 Å². The average Bonchev–Trinajstić information content (AvgIpc) is 2.98. The molecule has 0 saturated carbocycles. The number of rotatable bonds is 7. The maximum Gasteiger partial charge on any atom is 0.260 e. The van der Waals surface area contributed by atoms with Gasteiger partial charge in [-0.15, -0.1) is 0 Å². The lowest BCUT2D eigenvalue weighted by molar-refractivity contribution is -0.119. The highest BCUT2D eigenvalue weighted by Gasteiger charge is 2.21. The average molecular weight is 511 g/mol. The summed E-state index contributed by atoms with van der Waals surface area (Å²) in [5.41, 5.74) is 5.05. The molecule has 1 amide bonds. The number of amides is 1. The van der Waals surface area contributed by atoms with Crippen molar-refractivity contribution in [2.75, 3.05) is 17.1 Å². The second-order valence-corrected chi connectivity index (χ2v) is 10.1. The van der Waals surface area contributed by atoms with Gasteiger partial charge >= 0.3 is 0 Å². The molecule has 11 heteroatoms. The second-order valence-electron chi connectivity index (χ2n) is 7.30. The maximum absolute atomic E-state index is 14.2. The number of hydrazone groups is 1. The first-order valence-corrected chi connectivity index (χ1v) is 12.3. The van der Waals surface area contributed by atoms with Gasteiger partial charge in [0.05, 0.1) is 23.8 Å². The van der Waals surface area contributed by atoms with Crippen molar-refractivity contribution in [1.29, 1.82) is 0 Å². The molecule has 1 N–H and O–H groups in total. The molecule has 0 saturated heterocycles. The summed E-state index contributed by atoms with van der Waals surface area (Å²) in [5, 5.41) is 4.39. The van der Waals surface area contributed by atoms with Gasteiger partial charge in [0.15, 0.2) is 0 Å². The Morgan fingerprint density at radius 3 is 2.39 bits per heavy atom. The summed E-state index contributed by atoms with van der Waals surface area (Å²) in [4.78, 5) is 12.4. The quantitative estimate of drug-likeness (QED) is 0.376. The molecule has 174 valence electrons. The Morgan fingerprint density at radius 2 is 1.79 bits per heavy atom. The van der Waals surface area contributed by atoms with E-state index >= 15 is 0 Å². The molecule has 0 unspecified atom stereocenters. The van der Waals surface area contributed by atoms with Crippen molar-refractivity contribution in [3.8, 4) is 5.69 Å². The van der Waals surface area contributed by atoms with Crippen LogP contribution in [0.5, 0.6) is 0 Å². The molecule has 1 heterocycles. The molecule has 0 aliphatic carbocycles. The van der Waals surface area contributed by atoms with Crippen molar-refractivity contribution in [3.63, 3.8) is 0 Å². The van der Waals surface area contributed by atoms with Crippen molar-refractivity contribution >= 4 is 51.0 Å². The summed E-state index contributed by atoms with van der Waals surface area (Å²) < 4.78 is 41.3. The molecular formula is C22H21Cl2FN4O3S. The third kappa shape index (κ3) is 5.93. The fourth-order valence-corrected chi connectivity index (χ4v) is 4.70. The highest BCUT2D eigenvalue weighted by molar-refractivity contribution is 7.92.